The molecule has 0 aliphatic carbocycles. The van der Waals surface area contributed by atoms with Crippen molar-refractivity contribution >= 4 is 0 Å². The quantitative estimate of drug-likeness (QED) is 0.827. The Balaban J connectivity index is 2.15. The number of piperazine rings is 1. The molecule has 1 aromatic rings. The van der Waals surface area contributed by atoms with Gasteiger partial charge in [-0.3, -0.25) is 4.90 Å². The van der Waals surface area contributed by atoms with Crippen molar-refractivity contribution in [3.8, 4) is 0 Å². The molecule has 0 amide bonds. The molecule has 94 valence electrons. The van der Waals surface area contributed by atoms with Crippen molar-refractivity contribution in [1.82, 2.24) is 10.2 Å². The van der Waals surface area contributed by atoms with E-state index in [1.807, 2.05) is 13.0 Å². The van der Waals surface area contributed by atoms with Crippen molar-refractivity contribution < 1.29 is 4.39 Å². The van der Waals surface area contributed by atoms with Crippen LogP contribution >= 0.6 is 0 Å². The summed E-state index contributed by atoms with van der Waals surface area (Å²) in [5.74, 6) is -0.172. The van der Waals surface area contributed by atoms with E-state index in [0.717, 1.165) is 31.7 Å². The molecule has 3 nitrogen and oxygen atoms in total. The van der Waals surface area contributed by atoms with Gasteiger partial charge in [0.05, 0.1) is 0 Å². The molecule has 1 fully saturated rings. The molecule has 0 aromatic heterocycles. The normalized spacial score (nSPS) is 23.6. The minimum Gasteiger partial charge on any atom is -0.327 e. The highest BCUT2D eigenvalue weighted by atomic mass is 19.1. The predicted molar refractivity (Wildman–Crippen MR) is 67.2 cm³/mol. The lowest BCUT2D eigenvalue weighted by atomic mass is 10.0. The van der Waals surface area contributed by atoms with Crippen LogP contribution in [0.15, 0.2) is 24.3 Å². The highest BCUT2D eigenvalue weighted by Gasteiger charge is 2.24. The van der Waals surface area contributed by atoms with Gasteiger partial charge in [0.2, 0.25) is 0 Å². The first-order valence-electron chi connectivity index (χ1n) is 6.12. The number of nitrogens with zero attached hydrogens (tertiary/aromatic N) is 1. The highest BCUT2D eigenvalue weighted by molar-refractivity contribution is 5.21. The third-order valence-corrected chi connectivity index (χ3v) is 3.11. The Morgan fingerprint density at radius 2 is 2.41 bits per heavy atom. The van der Waals surface area contributed by atoms with E-state index in [9.17, 15) is 4.39 Å². The second-order valence-electron chi connectivity index (χ2n) is 4.75. The Labute approximate surface area is 102 Å². The van der Waals surface area contributed by atoms with Gasteiger partial charge < -0.3 is 11.1 Å². The Bertz CT molecular complexity index is 367. The van der Waals surface area contributed by atoms with Gasteiger partial charge in [0, 0.05) is 38.3 Å². The number of halogens is 1. The SMILES string of the molecule is CC(N)CN1CCNCC1c1cccc(F)c1. The van der Waals surface area contributed by atoms with Gasteiger partial charge >= 0.3 is 0 Å². The van der Waals surface area contributed by atoms with Crippen LogP contribution in [-0.4, -0.2) is 37.1 Å². The number of hydrogen-bond acceptors (Lipinski definition) is 3. The summed E-state index contributed by atoms with van der Waals surface area (Å²) in [6, 6.07) is 7.22. The van der Waals surface area contributed by atoms with Gasteiger partial charge in [-0.05, 0) is 24.6 Å². The molecule has 17 heavy (non-hydrogen) atoms. The van der Waals surface area contributed by atoms with E-state index in [1.165, 1.54) is 6.07 Å². The molecular formula is C13H20FN3. The number of rotatable bonds is 3. The summed E-state index contributed by atoms with van der Waals surface area (Å²) in [4.78, 5) is 2.33. The molecule has 0 spiro atoms. The molecule has 1 aromatic carbocycles. The van der Waals surface area contributed by atoms with Crippen molar-refractivity contribution in [2.45, 2.75) is 19.0 Å². The number of hydrogen-bond donors (Lipinski definition) is 2. The van der Waals surface area contributed by atoms with E-state index in [2.05, 4.69) is 10.2 Å². The zero-order chi connectivity index (χ0) is 12.3. The Morgan fingerprint density at radius 3 is 3.12 bits per heavy atom. The zero-order valence-electron chi connectivity index (χ0n) is 10.2. The van der Waals surface area contributed by atoms with Crippen molar-refractivity contribution in [2.75, 3.05) is 26.2 Å². The first-order valence-corrected chi connectivity index (χ1v) is 6.12. The fourth-order valence-electron chi connectivity index (χ4n) is 2.38. The highest BCUT2D eigenvalue weighted by Crippen LogP contribution is 2.22. The average Bonchev–Trinajstić information content (AvgIpc) is 2.29. The van der Waals surface area contributed by atoms with E-state index < -0.39 is 0 Å². The van der Waals surface area contributed by atoms with Gasteiger partial charge in [0.15, 0.2) is 0 Å². The number of nitrogens with one attached hydrogen (secondary N) is 1. The minimum absolute atomic E-state index is 0.143. The molecule has 2 rings (SSSR count). The molecule has 1 saturated heterocycles. The van der Waals surface area contributed by atoms with E-state index in [1.54, 1.807) is 12.1 Å². The molecule has 0 radical (unpaired) electrons. The van der Waals surface area contributed by atoms with Crippen LogP contribution in [0.2, 0.25) is 0 Å². The second kappa shape index (κ2) is 5.58. The van der Waals surface area contributed by atoms with Gasteiger partial charge in [-0.15, -0.1) is 0 Å². The van der Waals surface area contributed by atoms with Gasteiger partial charge in [0.1, 0.15) is 5.82 Å². The van der Waals surface area contributed by atoms with Crippen LogP contribution in [0, 0.1) is 5.82 Å². The minimum atomic E-state index is -0.172. The summed E-state index contributed by atoms with van der Waals surface area (Å²) in [6.07, 6.45) is 0. The Kier molecular flexibility index (Phi) is 4.10. The van der Waals surface area contributed by atoms with Gasteiger partial charge in [-0.2, -0.15) is 0 Å². The maximum absolute atomic E-state index is 13.2. The molecule has 4 heteroatoms. The molecule has 0 saturated carbocycles. The van der Waals surface area contributed by atoms with E-state index in [0.29, 0.717) is 0 Å². The molecule has 2 atom stereocenters. The third-order valence-electron chi connectivity index (χ3n) is 3.11. The number of benzene rings is 1. The monoisotopic (exact) mass is 237 g/mol. The summed E-state index contributed by atoms with van der Waals surface area (Å²) >= 11 is 0. The lowest BCUT2D eigenvalue weighted by Gasteiger charge is -2.37. The summed E-state index contributed by atoms with van der Waals surface area (Å²) in [7, 11) is 0. The van der Waals surface area contributed by atoms with Crippen LogP contribution in [0.5, 0.6) is 0 Å². The van der Waals surface area contributed by atoms with E-state index in [-0.39, 0.29) is 17.9 Å². The van der Waals surface area contributed by atoms with Gasteiger partial charge in [0.25, 0.3) is 0 Å². The number of nitrogens with two attached hydrogens (primary N) is 1. The molecule has 3 N–H and O–H groups in total. The van der Waals surface area contributed by atoms with Crippen molar-refractivity contribution in [1.29, 1.82) is 0 Å². The van der Waals surface area contributed by atoms with Gasteiger partial charge in [-0.25, -0.2) is 4.39 Å². The third kappa shape index (κ3) is 3.25. The van der Waals surface area contributed by atoms with Crippen molar-refractivity contribution in [2.24, 2.45) is 5.73 Å². The maximum atomic E-state index is 13.2. The smallest absolute Gasteiger partial charge is 0.123 e. The summed E-state index contributed by atoms with van der Waals surface area (Å²) < 4.78 is 13.2. The van der Waals surface area contributed by atoms with Crippen LogP contribution in [0.1, 0.15) is 18.5 Å². The van der Waals surface area contributed by atoms with Crippen LogP contribution in [0.3, 0.4) is 0 Å². The first kappa shape index (κ1) is 12.5. The predicted octanol–water partition coefficient (Wildman–Crippen LogP) is 1.12. The lowest BCUT2D eigenvalue weighted by molar-refractivity contribution is 0.155. The maximum Gasteiger partial charge on any atom is 0.123 e. The van der Waals surface area contributed by atoms with Crippen molar-refractivity contribution in [3.05, 3.63) is 35.6 Å². The Hall–Kier alpha value is -0.970. The largest absolute Gasteiger partial charge is 0.327 e. The zero-order valence-corrected chi connectivity index (χ0v) is 10.2. The average molecular weight is 237 g/mol. The summed E-state index contributed by atoms with van der Waals surface area (Å²) in [5, 5.41) is 3.35. The molecule has 1 aliphatic heterocycles. The molecule has 1 heterocycles. The summed E-state index contributed by atoms with van der Waals surface area (Å²) in [5.41, 5.74) is 6.88. The topological polar surface area (TPSA) is 41.3 Å². The van der Waals surface area contributed by atoms with E-state index in [4.69, 9.17) is 5.73 Å². The fraction of sp³-hybridized carbons (Fsp3) is 0.538. The molecular weight excluding hydrogens is 217 g/mol. The van der Waals surface area contributed by atoms with Gasteiger partial charge in [-0.1, -0.05) is 12.1 Å². The summed E-state index contributed by atoms with van der Waals surface area (Å²) in [6.45, 7) is 5.64. The fourth-order valence-corrected chi connectivity index (χ4v) is 2.38. The van der Waals surface area contributed by atoms with Crippen LogP contribution in [-0.2, 0) is 0 Å². The molecule has 0 bridgehead atoms. The van der Waals surface area contributed by atoms with E-state index >= 15 is 0 Å². The van der Waals surface area contributed by atoms with Crippen LogP contribution in [0.25, 0.3) is 0 Å². The second-order valence-corrected chi connectivity index (χ2v) is 4.75. The standard InChI is InChI=1S/C13H20FN3/c1-10(15)9-17-6-5-16-8-13(17)11-3-2-4-12(14)7-11/h2-4,7,10,13,16H,5-6,8-9,15H2,1H3. The van der Waals surface area contributed by atoms with Crippen molar-refractivity contribution in [3.63, 3.8) is 0 Å². The van der Waals surface area contributed by atoms with Crippen LogP contribution < -0.4 is 11.1 Å². The molecule has 2 unspecified atom stereocenters. The lowest BCUT2D eigenvalue weighted by Crippen LogP contribution is -2.49. The Morgan fingerprint density at radius 1 is 1.59 bits per heavy atom. The first-order chi connectivity index (χ1) is 8.16. The van der Waals surface area contributed by atoms with Crippen LogP contribution in [0.4, 0.5) is 4.39 Å². The molecule has 1 aliphatic rings.